The molecule has 4 nitrogen and oxygen atoms in total. The Balaban J connectivity index is 1.62. The third-order valence-corrected chi connectivity index (χ3v) is 5.87. The molecule has 1 fully saturated rings. The first-order chi connectivity index (χ1) is 12.0. The summed E-state index contributed by atoms with van der Waals surface area (Å²) in [6.07, 6.45) is 4.71. The van der Waals surface area contributed by atoms with Crippen LogP contribution >= 0.6 is 11.6 Å². The first-order valence-corrected chi connectivity index (χ1v) is 9.54. The number of hydrogen-bond acceptors (Lipinski definition) is 3. The first kappa shape index (κ1) is 18.4. The van der Waals surface area contributed by atoms with Gasteiger partial charge in [-0.15, -0.1) is 0 Å². The molecule has 1 aromatic heterocycles. The average molecular weight is 361 g/mol. The van der Waals surface area contributed by atoms with Gasteiger partial charge in [-0.25, -0.2) is 0 Å². The van der Waals surface area contributed by atoms with E-state index in [-0.39, 0.29) is 5.41 Å². The van der Waals surface area contributed by atoms with Crippen molar-refractivity contribution in [3.05, 3.63) is 52.3 Å². The molecule has 0 unspecified atom stereocenters. The molecule has 1 heterocycles. The quantitative estimate of drug-likeness (QED) is 0.827. The van der Waals surface area contributed by atoms with Crippen LogP contribution in [0.1, 0.15) is 42.6 Å². The van der Waals surface area contributed by atoms with Crippen LogP contribution in [0.4, 0.5) is 0 Å². The number of benzene rings is 1. The Kier molecular flexibility index (Phi) is 5.82. The number of rotatable bonds is 6. The van der Waals surface area contributed by atoms with Crippen LogP contribution in [-0.2, 0) is 19.0 Å². The van der Waals surface area contributed by atoms with Crippen molar-refractivity contribution in [1.82, 2.24) is 20.4 Å². The van der Waals surface area contributed by atoms with Crippen molar-refractivity contribution in [1.29, 1.82) is 0 Å². The molecule has 0 bridgehead atoms. The van der Waals surface area contributed by atoms with E-state index in [2.05, 4.69) is 46.9 Å². The fourth-order valence-corrected chi connectivity index (χ4v) is 4.26. The second-order valence-corrected chi connectivity index (χ2v) is 7.81. The van der Waals surface area contributed by atoms with Crippen LogP contribution in [0, 0.1) is 6.92 Å². The summed E-state index contributed by atoms with van der Waals surface area (Å²) in [5, 5.41) is 12.5. The van der Waals surface area contributed by atoms with Gasteiger partial charge in [-0.05, 0) is 63.4 Å². The molecule has 2 aromatic rings. The van der Waals surface area contributed by atoms with Gasteiger partial charge < -0.3 is 10.6 Å². The molecule has 1 aromatic carbocycles. The highest BCUT2D eigenvalue weighted by Crippen LogP contribution is 2.40. The van der Waals surface area contributed by atoms with Crippen LogP contribution < -0.4 is 10.6 Å². The van der Waals surface area contributed by atoms with E-state index in [1.165, 1.54) is 36.9 Å². The Morgan fingerprint density at radius 1 is 1.28 bits per heavy atom. The van der Waals surface area contributed by atoms with Crippen LogP contribution in [-0.4, -0.2) is 29.4 Å². The van der Waals surface area contributed by atoms with Gasteiger partial charge in [0.1, 0.15) is 0 Å². The molecular formula is C20H29ClN4. The summed E-state index contributed by atoms with van der Waals surface area (Å²) >= 11 is 6.25. The predicted molar refractivity (Wildman–Crippen MR) is 104 cm³/mol. The topological polar surface area (TPSA) is 41.9 Å². The van der Waals surface area contributed by atoms with Crippen molar-refractivity contribution < 1.29 is 0 Å². The molecular weight excluding hydrogens is 332 g/mol. The van der Waals surface area contributed by atoms with Gasteiger partial charge in [-0.1, -0.05) is 23.7 Å². The van der Waals surface area contributed by atoms with Gasteiger partial charge in [0.25, 0.3) is 0 Å². The number of aryl methyl sites for hydroxylation is 2. The van der Waals surface area contributed by atoms with Gasteiger partial charge in [0, 0.05) is 42.3 Å². The van der Waals surface area contributed by atoms with Crippen LogP contribution in [0.2, 0.25) is 5.02 Å². The molecule has 1 aliphatic carbocycles. The van der Waals surface area contributed by atoms with Crippen LogP contribution in [0.5, 0.6) is 0 Å². The normalized spacial score (nSPS) is 23.8. The molecule has 0 radical (unpaired) electrons. The maximum atomic E-state index is 6.25. The molecule has 0 spiro atoms. The van der Waals surface area contributed by atoms with Crippen molar-refractivity contribution in [2.75, 3.05) is 13.6 Å². The summed E-state index contributed by atoms with van der Waals surface area (Å²) in [5.74, 6) is 0. The van der Waals surface area contributed by atoms with Crippen molar-refractivity contribution in [2.24, 2.45) is 7.05 Å². The standard InChI is InChI=1S/C20H29ClN4/c1-15-11-19(24-25(15)3)13-23-18-7-9-20(10-8-18,14-22-2)16-5-4-6-17(21)12-16/h4-6,11-12,18,22-23H,7-10,13-14H2,1-3H3. The summed E-state index contributed by atoms with van der Waals surface area (Å²) < 4.78 is 1.94. The number of likely N-dealkylation sites (N-methyl/N-ethyl adjacent to an activating group) is 1. The van der Waals surface area contributed by atoms with Crippen molar-refractivity contribution in [3.63, 3.8) is 0 Å². The third-order valence-electron chi connectivity index (χ3n) is 5.63. The zero-order chi connectivity index (χ0) is 17.9. The number of hydrogen-bond donors (Lipinski definition) is 2. The molecule has 0 amide bonds. The van der Waals surface area contributed by atoms with Crippen LogP contribution in [0.25, 0.3) is 0 Å². The molecule has 5 heteroatoms. The molecule has 25 heavy (non-hydrogen) atoms. The second kappa shape index (κ2) is 7.90. The lowest BCUT2D eigenvalue weighted by Crippen LogP contribution is -2.44. The fourth-order valence-electron chi connectivity index (χ4n) is 4.07. The minimum atomic E-state index is 0.194. The van der Waals surface area contributed by atoms with Crippen LogP contribution in [0.3, 0.4) is 0 Å². The Morgan fingerprint density at radius 3 is 2.64 bits per heavy atom. The highest BCUT2D eigenvalue weighted by molar-refractivity contribution is 6.30. The number of nitrogens with one attached hydrogen (secondary N) is 2. The Hall–Kier alpha value is -1.36. The van der Waals surface area contributed by atoms with E-state index < -0.39 is 0 Å². The smallest absolute Gasteiger partial charge is 0.0765 e. The minimum Gasteiger partial charge on any atom is -0.319 e. The maximum absolute atomic E-state index is 6.25. The van der Waals surface area contributed by atoms with Crippen LogP contribution in [0.15, 0.2) is 30.3 Å². The van der Waals surface area contributed by atoms with Crippen molar-refractivity contribution in [2.45, 2.75) is 50.6 Å². The van der Waals surface area contributed by atoms with Gasteiger partial charge >= 0.3 is 0 Å². The third kappa shape index (κ3) is 4.25. The van der Waals surface area contributed by atoms with E-state index in [0.29, 0.717) is 6.04 Å². The summed E-state index contributed by atoms with van der Waals surface area (Å²) in [6, 6.07) is 11.1. The maximum Gasteiger partial charge on any atom is 0.0765 e. The fraction of sp³-hybridized carbons (Fsp3) is 0.550. The highest BCUT2D eigenvalue weighted by atomic mass is 35.5. The second-order valence-electron chi connectivity index (χ2n) is 7.38. The van der Waals surface area contributed by atoms with E-state index in [1.54, 1.807) is 0 Å². The lowest BCUT2D eigenvalue weighted by atomic mass is 9.68. The molecule has 136 valence electrons. The SMILES string of the molecule is CNCC1(c2cccc(Cl)c2)CCC(NCc2cc(C)n(C)n2)CC1. The van der Waals surface area contributed by atoms with Gasteiger partial charge in [0.15, 0.2) is 0 Å². The van der Waals surface area contributed by atoms with Gasteiger partial charge in [0.05, 0.1) is 5.69 Å². The Labute approximate surface area is 156 Å². The monoisotopic (exact) mass is 360 g/mol. The zero-order valence-electron chi connectivity index (χ0n) is 15.5. The summed E-state index contributed by atoms with van der Waals surface area (Å²) in [5.41, 5.74) is 3.89. The molecule has 3 rings (SSSR count). The van der Waals surface area contributed by atoms with Gasteiger partial charge in [-0.2, -0.15) is 5.10 Å². The van der Waals surface area contributed by atoms with E-state index in [4.69, 9.17) is 11.6 Å². The van der Waals surface area contributed by atoms with E-state index in [1.807, 2.05) is 24.8 Å². The molecule has 1 aliphatic rings. The van der Waals surface area contributed by atoms with Crippen molar-refractivity contribution in [3.8, 4) is 0 Å². The van der Waals surface area contributed by atoms with Gasteiger partial charge in [-0.3, -0.25) is 4.68 Å². The summed E-state index contributed by atoms with van der Waals surface area (Å²) in [7, 11) is 4.04. The molecule has 0 atom stereocenters. The summed E-state index contributed by atoms with van der Waals surface area (Å²) in [6.45, 7) is 3.94. The minimum absolute atomic E-state index is 0.194. The lowest BCUT2D eigenvalue weighted by molar-refractivity contribution is 0.240. The summed E-state index contributed by atoms with van der Waals surface area (Å²) in [4.78, 5) is 0. The zero-order valence-corrected chi connectivity index (χ0v) is 16.2. The Morgan fingerprint density at radius 2 is 2.04 bits per heavy atom. The molecule has 2 N–H and O–H groups in total. The average Bonchev–Trinajstić information content (AvgIpc) is 2.93. The van der Waals surface area contributed by atoms with Crippen molar-refractivity contribution >= 4 is 11.6 Å². The predicted octanol–water partition coefficient (Wildman–Crippen LogP) is 3.57. The molecule has 0 aliphatic heterocycles. The Bertz CT molecular complexity index is 682. The molecule has 0 saturated heterocycles. The number of aromatic nitrogens is 2. The van der Waals surface area contributed by atoms with Gasteiger partial charge in [0.2, 0.25) is 0 Å². The lowest BCUT2D eigenvalue weighted by Gasteiger charge is -2.41. The largest absolute Gasteiger partial charge is 0.319 e. The molecule has 1 saturated carbocycles. The van der Waals surface area contributed by atoms with E-state index in [9.17, 15) is 0 Å². The number of nitrogens with zero attached hydrogens (tertiary/aromatic N) is 2. The number of halogens is 1. The first-order valence-electron chi connectivity index (χ1n) is 9.16. The van der Waals surface area contributed by atoms with E-state index >= 15 is 0 Å². The van der Waals surface area contributed by atoms with E-state index in [0.717, 1.165) is 23.8 Å². The highest BCUT2D eigenvalue weighted by Gasteiger charge is 2.36.